The quantitative estimate of drug-likeness (QED) is 0.242. The summed E-state index contributed by atoms with van der Waals surface area (Å²) in [6, 6.07) is 35.6. The Morgan fingerprint density at radius 3 is 2.18 bits per heavy atom. The van der Waals surface area contributed by atoms with E-state index in [-0.39, 0.29) is 16.2 Å². The minimum Gasteiger partial charge on any atom is -0.322 e. The molecule has 1 amide bonds. The van der Waals surface area contributed by atoms with Gasteiger partial charge in [-0.25, -0.2) is 8.42 Å². The van der Waals surface area contributed by atoms with Crippen molar-refractivity contribution in [1.29, 1.82) is 0 Å². The molecule has 5 aromatic rings. The van der Waals surface area contributed by atoms with E-state index in [1.54, 1.807) is 42.5 Å². The summed E-state index contributed by atoms with van der Waals surface area (Å²) in [5.41, 5.74) is 3.77. The summed E-state index contributed by atoms with van der Waals surface area (Å²) in [7, 11) is -3.71. The lowest BCUT2D eigenvalue weighted by atomic mass is 9.87. The molecule has 1 N–H and O–H groups in total. The summed E-state index contributed by atoms with van der Waals surface area (Å²) in [6.45, 7) is 5.99. The van der Waals surface area contributed by atoms with E-state index in [4.69, 9.17) is 0 Å². The molecule has 0 fully saturated rings. The SMILES string of the molecule is CC(C)(C)c1ccccc1S(=O)(=O)c1ccc(NC(=O)c2cccc(Cc3cccc4ccccc34)c2)cc1. The van der Waals surface area contributed by atoms with Gasteiger partial charge in [0, 0.05) is 11.3 Å². The van der Waals surface area contributed by atoms with Crippen LogP contribution in [0.15, 0.2) is 125 Å². The largest absolute Gasteiger partial charge is 0.322 e. The molecule has 5 rings (SSSR count). The molecule has 0 atom stereocenters. The van der Waals surface area contributed by atoms with Crippen molar-refractivity contribution in [3.63, 3.8) is 0 Å². The minimum absolute atomic E-state index is 0.189. The third-order valence-corrected chi connectivity index (χ3v) is 8.70. The number of carbonyl (C=O) groups excluding carboxylic acids is 1. The Balaban J connectivity index is 1.34. The van der Waals surface area contributed by atoms with Crippen LogP contribution in [-0.2, 0) is 21.7 Å². The van der Waals surface area contributed by atoms with E-state index in [1.165, 1.54) is 16.3 Å². The number of amides is 1. The zero-order valence-corrected chi connectivity index (χ0v) is 23.1. The highest BCUT2D eigenvalue weighted by atomic mass is 32.2. The molecule has 0 saturated heterocycles. The number of nitrogens with one attached hydrogen (secondary N) is 1. The van der Waals surface area contributed by atoms with Gasteiger partial charge in [-0.05, 0) is 81.8 Å². The molecule has 4 nitrogen and oxygen atoms in total. The number of anilines is 1. The molecule has 5 heteroatoms. The molecular weight excluding hydrogens is 502 g/mol. The van der Waals surface area contributed by atoms with E-state index in [0.717, 1.165) is 11.1 Å². The molecule has 0 bridgehead atoms. The van der Waals surface area contributed by atoms with E-state index in [9.17, 15) is 13.2 Å². The predicted octanol–water partition coefficient (Wildman–Crippen LogP) is 7.81. The smallest absolute Gasteiger partial charge is 0.255 e. The zero-order valence-electron chi connectivity index (χ0n) is 22.3. The fraction of sp³-hybridized carbons (Fsp3) is 0.147. The van der Waals surface area contributed by atoms with Crippen molar-refractivity contribution in [3.05, 3.63) is 138 Å². The third kappa shape index (κ3) is 5.64. The van der Waals surface area contributed by atoms with Crippen molar-refractivity contribution in [2.75, 3.05) is 5.32 Å². The maximum absolute atomic E-state index is 13.4. The van der Waals surface area contributed by atoms with E-state index >= 15 is 0 Å². The molecule has 0 heterocycles. The number of hydrogen-bond acceptors (Lipinski definition) is 3. The lowest BCUT2D eigenvalue weighted by Crippen LogP contribution is -2.17. The highest BCUT2D eigenvalue weighted by Crippen LogP contribution is 2.32. The van der Waals surface area contributed by atoms with Gasteiger partial charge in [0.2, 0.25) is 9.84 Å². The van der Waals surface area contributed by atoms with Crippen LogP contribution >= 0.6 is 0 Å². The Morgan fingerprint density at radius 1 is 0.744 bits per heavy atom. The van der Waals surface area contributed by atoms with Crippen LogP contribution < -0.4 is 5.32 Å². The van der Waals surface area contributed by atoms with Crippen LogP contribution in [0, 0.1) is 0 Å². The van der Waals surface area contributed by atoms with Crippen LogP contribution in [0.25, 0.3) is 10.8 Å². The fourth-order valence-corrected chi connectivity index (χ4v) is 6.53. The molecule has 0 radical (unpaired) electrons. The average Bonchev–Trinajstić information content (AvgIpc) is 2.93. The van der Waals surface area contributed by atoms with Crippen molar-refractivity contribution in [3.8, 4) is 0 Å². The second-order valence-corrected chi connectivity index (χ2v) is 12.7. The van der Waals surface area contributed by atoms with Crippen molar-refractivity contribution in [1.82, 2.24) is 0 Å². The van der Waals surface area contributed by atoms with Gasteiger partial charge in [-0.15, -0.1) is 0 Å². The van der Waals surface area contributed by atoms with Gasteiger partial charge in [0.15, 0.2) is 0 Å². The van der Waals surface area contributed by atoms with Gasteiger partial charge in [-0.2, -0.15) is 0 Å². The first-order valence-corrected chi connectivity index (χ1v) is 14.4. The zero-order chi connectivity index (χ0) is 27.6. The van der Waals surface area contributed by atoms with Gasteiger partial charge < -0.3 is 5.32 Å². The fourth-order valence-electron chi connectivity index (χ4n) is 4.86. The second kappa shape index (κ2) is 10.5. The molecule has 0 aliphatic heterocycles. The molecule has 0 aliphatic carbocycles. The maximum atomic E-state index is 13.4. The maximum Gasteiger partial charge on any atom is 0.255 e. The van der Waals surface area contributed by atoms with Crippen molar-refractivity contribution >= 4 is 32.2 Å². The predicted molar refractivity (Wildman–Crippen MR) is 158 cm³/mol. The van der Waals surface area contributed by atoms with Gasteiger partial charge >= 0.3 is 0 Å². The number of carbonyl (C=O) groups is 1. The highest BCUT2D eigenvalue weighted by molar-refractivity contribution is 7.91. The monoisotopic (exact) mass is 533 g/mol. The standard InChI is InChI=1S/C34H31NO3S/c1-34(2,3)31-16-6-7-17-32(31)39(37,38)29-20-18-28(19-21-29)35-33(36)27-14-8-10-24(23-27)22-26-13-9-12-25-11-4-5-15-30(25)26/h4-21,23H,22H2,1-3H3,(H,35,36). The van der Waals surface area contributed by atoms with Gasteiger partial charge in [0.1, 0.15) is 0 Å². The lowest BCUT2D eigenvalue weighted by molar-refractivity contribution is 0.102. The van der Waals surface area contributed by atoms with Gasteiger partial charge in [0.25, 0.3) is 5.91 Å². The second-order valence-electron chi connectivity index (χ2n) is 10.7. The molecule has 0 aromatic heterocycles. The van der Waals surface area contributed by atoms with Crippen LogP contribution in [-0.4, -0.2) is 14.3 Å². The molecule has 196 valence electrons. The topological polar surface area (TPSA) is 63.2 Å². The third-order valence-electron chi connectivity index (χ3n) is 6.87. The Bertz CT molecular complexity index is 1760. The number of rotatable bonds is 6. The van der Waals surface area contributed by atoms with E-state index in [1.807, 2.05) is 63.2 Å². The first-order chi connectivity index (χ1) is 18.6. The first-order valence-electron chi connectivity index (χ1n) is 12.9. The number of fused-ring (bicyclic) bond motifs is 1. The van der Waals surface area contributed by atoms with Gasteiger partial charge in [0.05, 0.1) is 9.79 Å². The van der Waals surface area contributed by atoms with Crippen LogP contribution in [0.1, 0.15) is 47.8 Å². The van der Waals surface area contributed by atoms with Crippen molar-refractivity contribution in [2.45, 2.75) is 42.4 Å². The molecule has 0 unspecified atom stereocenters. The molecule has 5 aromatic carbocycles. The summed E-state index contributed by atoms with van der Waals surface area (Å²) in [5, 5.41) is 5.29. The van der Waals surface area contributed by atoms with Crippen LogP contribution in [0.3, 0.4) is 0 Å². The summed E-state index contributed by atoms with van der Waals surface area (Å²) in [6.07, 6.45) is 0.713. The summed E-state index contributed by atoms with van der Waals surface area (Å²) < 4.78 is 26.9. The molecule has 0 saturated carbocycles. The van der Waals surface area contributed by atoms with Crippen LogP contribution in [0.5, 0.6) is 0 Å². The molecule has 0 aliphatic rings. The Kier molecular flexibility index (Phi) is 7.11. The van der Waals surface area contributed by atoms with Crippen molar-refractivity contribution < 1.29 is 13.2 Å². The Hall–Kier alpha value is -4.22. The number of hydrogen-bond donors (Lipinski definition) is 1. The summed E-state index contributed by atoms with van der Waals surface area (Å²) in [5.74, 6) is -0.247. The first kappa shape index (κ1) is 26.4. The van der Waals surface area contributed by atoms with E-state index in [0.29, 0.717) is 22.6 Å². The average molecular weight is 534 g/mol. The van der Waals surface area contributed by atoms with E-state index < -0.39 is 9.84 Å². The molecule has 39 heavy (non-hydrogen) atoms. The highest BCUT2D eigenvalue weighted by Gasteiger charge is 2.26. The van der Waals surface area contributed by atoms with Gasteiger partial charge in [-0.3, -0.25) is 4.79 Å². The summed E-state index contributed by atoms with van der Waals surface area (Å²) in [4.78, 5) is 13.6. The lowest BCUT2D eigenvalue weighted by Gasteiger charge is -2.22. The molecule has 0 spiro atoms. The minimum atomic E-state index is -3.71. The number of sulfone groups is 1. The number of benzene rings is 5. The Labute approximate surface area is 230 Å². The van der Waals surface area contributed by atoms with Gasteiger partial charge in [-0.1, -0.05) is 93.6 Å². The molecular formula is C34H31NO3S. The van der Waals surface area contributed by atoms with Crippen LogP contribution in [0.2, 0.25) is 0 Å². The normalized spacial score (nSPS) is 11.9. The van der Waals surface area contributed by atoms with Crippen molar-refractivity contribution in [2.24, 2.45) is 0 Å². The van der Waals surface area contributed by atoms with Crippen LogP contribution in [0.4, 0.5) is 5.69 Å². The van der Waals surface area contributed by atoms with E-state index in [2.05, 4.69) is 35.6 Å². The Morgan fingerprint density at radius 2 is 1.41 bits per heavy atom. The summed E-state index contributed by atoms with van der Waals surface area (Å²) >= 11 is 0.